The van der Waals surface area contributed by atoms with Gasteiger partial charge >= 0.3 is 0 Å². The van der Waals surface area contributed by atoms with Gasteiger partial charge in [-0.15, -0.1) is 0 Å². The van der Waals surface area contributed by atoms with Crippen molar-refractivity contribution >= 4 is 15.9 Å². The largest absolute Gasteiger partial charge is 0.310 e. The summed E-state index contributed by atoms with van der Waals surface area (Å²) in [6, 6.07) is 11.3. The number of hydrogen-bond acceptors (Lipinski definition) is 2. The van der Waals surface area contributed by atoms with Crippen LogP contribution in [-0.2, 0) is 6.42 Å². The van der Waals surface area contributed by atoms with Crippen LogP contribution >= 0.6 is 15.9 Å². The molecule has 0 fully saturated rings. The molecule has 0 spiro atoms. The van der Waals surface area contributed by atoms with Crippen LogP contribution in [0.5, 0.6) is 0 Å². The molecule has 1 N–H and O–H groups in total. The number of nitrogens with one attached hydrogen (secondary N) is 1. The quantitative estimate of drug-likeness (QED) is 0.796. The highest BCUT2D eigenvalue weighted by Gasteiger charge is 2.15. The molecule has 0 bridgehead atoms. The summed E-state index contributed by atoms with van der Waals surface area (Å²) in [7, 11) is 0. The third-order valence-corrected chi connectivity index (χ3v) is 4.57. The summed E-state index contributed by atoms with van der Waals surface area (Å²) in [5.41, 5.74) is 2.43. The van der Waals surface area contributed by atoms with Crippen molar-refractivity contribution in [3.05, 3.63) is 52.3 Å². The van der Waals surface area contributed by atoms with Crippen LogP contribution in [0.15, 0.2) is 41.0 Å². The normalized spacial score (nSPS) is 14.1. The molecule has 2 unspecified atom stereocenters. The Hall–Kier alpha value is -1.13. The molecule has 0 radical (unpaired) electrons. The maximum absolute atomic E-state index is 4.72. The molecule has 1 heterocycles. The second-order valence-corrected chi connectivity index (χ2v) is 6.23. The summed E-state index contributed by atoms with van der Waals surface area (Å²) < 4.78 is 3.22. The van der Waals surface area contributed by atoms with E-state index in [0.29, 0.717) is 6.04 Å². The van der Waals surface area contributed by atoms with Crippen molar-refractivity contribution in [3.8, 4) is 0 Å². The summed E-state index contributed by atoms with van der Waals surface area (Å²) >= 11 is 3.65. The Bertz CT molecular complexity index is 565. The standard InChI is InChI=1S/C17H24BrN3/c1-4-13(3)21-11-10-14(20-21)12-17(19-5-2)15-8-6-7-9-16(15)18/h6-11,13,17,19H,4-5,12H2,1-3H3. The molecule has 0 amide bonds. The summed E-state index contributed by atoms with van der Waals surface area (Å²) in [5.74, 6) is 0. The van der Waals surface area contributed by atoms with Crippen LogP contribution in [0, 0.1) is 0 Å². The zero-order valence-corrected chi connectivity index (χ0v) is 14.6. The average molecular weight is 350 g/mol. The number of benzene rings is 1. The summed E-state index contributed by atoms with van der Waals surface area (Å²) in [6.45, 7) is 7.47. The molecule has 21 heavy (non-hydrogen) atoms. The molecule has 1 aromatic heterocycles. The smallest absolute Gasteiger partial charge is 0.0643 e. The van der Waals surface area contributed by atoms with E-state index in [1.54, 1.807) is 0 Å². The lowest BCUT2D eigenvalue weighted by atomic mass is 10.0. The van der Waals surface area contributed by atoms with Gasteiger partial charge in [-0.25, -0.2) is 0 Å². The average Bonchev–Trinajstić information content (AvgIpc) is 2.95. The second-order valence-electron chi connectivity index (χ2n) is 5.38. The van der Waals surface area contributed by atoms with E-state index in [0.717, 1.165) is 29.6 Å². The molecule has 0 saturated heterocycles. The molecule has 4 heteroatoms. The van der Waals surface area contributed by atoms with Crippen LogP contribution in [0.1, 0.15) is 50.5 Å². The maximum atomic E-state index is 4.72. The van der Waals surface area contributed by atoms with Crippen LogP contribution in [0.25, 0.3) is 0 Å². The monoisotopic (exact) mass is 349 g/mol. The molecule has 0 saturated carbocycles. The molecule has 2 atom stereocenters. The lowest BCUT2D eigenvalue weighted by molar-refractivity contribution is 0.467. The summed E-state index contributed by atoms with van der Waals surface area (Å²) in [6.07, 6.45) is 4.09. The Morgan fingerprint density at radius 3 is 2.67 bits per heavy atom. The Morgan fingerprint density at radius 1 is 1.24 bits per heavy atom. The fourth-order valence-corrected chi connectivity index (χ4v) is 2.99. The Balaban J connectivity index is 2.17. The van der Waals surface area contributed by atoms with Gasteiger partial charge in [-0.3, -0.25) is 4.68 Å². The summed E-state index contributed by atoms with van der Waals surface area (Å²) in [4.78, 5) is 0. The van der Waals surface area contributed by atoms with Gasteiger partial charge in [-0.2, -0.15) is 5.10 Å². The van der Waals surface area contributed by atoms with Gasteiger partial charge in [0.25, 0.3) is 0 Å². The fraction of sp³-hybridized carbons (Fsp3) is 0.471. The third kappa shape index (κ3) is 4.17. The van der Waals surface area contributed by atoms with E-state index in [2.05, 4.69) is 77.2 Å². The Kier molecular flexibility index (Phi) is 6.00. The molecular formula is C17H24BrN3. The first-order valence-electron chi connectivity index (χ1n) is 7.67. The molecule has 1 aromatic carbocycles. The topological polar surface area (TPSA) is 29.9 Å². The minimum atomic E-state index is 0.283. The lowest BCUT2D eigenvalue weighted by Gasteiger charge is -2.19. The van der Waals surface area contributed by atoms with E-state index >= 15 is 0 Å². The highest BCUT2D eigenvalue weighted by atomic mass is 79.9. The van der Waals surface area contributed by atoms with Crippen molar-refractivity contribution in [3.63, 3.8) is 0 Å². The minimum absolute atomic E-state index is 0.283. The predicted octanol–water partition coefficient (Wildman–Crippen LogP) is 4.51. The first-order chi connectivity index (χ1) is 10.2. The van der Waals surface area contributed by atoms with Gasteiger partial charge in [0.15, 0.2) is 0 Å². The van der Waals surface area contributed by atoms with Crippen LogP contribution in [0.2, 0.25) is 0 Å². The lowest BCUT2D eigenvalue weighted by Crippen LogP contribution is -2.23. The number of halogens is 1. The van der Waals surface area contributed by atoms with Crippen molar-refractivity contribution < 1.29 is 0 Å². The van der Waals surface area contributed by atoms with E-state index < -0.39 is 0 Å². The number of nitrogens with zero attached hydrogens (tertiary/aromatic N) is 2. The van der Waals surface area contributed by atoms with Gasteiger partial charge in [-0.1, -0.05) is 48.0 Å². The minimum Gasteiger partial charge on any atom is -0.310 e. The van der Waals surface area contributed by atoms with Gasteiger partial charge in [0, 0.05) is 29.2 Å². The van der Waals surface area contributed by atoms with E-state index in [-0.39, 0.29) is 6.04 Å². The van der Waals surface area contributed by atoms with Crippen molar-refractivity contribution in [2.24, 2.45) is 0 Å². The summed E-state index contributed by atoms with van der Waals surface area (Å²) in [5, 5.41) is 8.28. The molecule has 0 aliphatic heterocycles. The zero-order chi connectivity index (χ0) is 15.2. The van der Waals surface area contributed by atoms with Crippen LogP contribution in [0.4, 0.5) is 0 Å². The first kappa shape index (κ1) is 16.2. The van der Waals surface area contributed by atoms with Gasteiger partial charge < -0.3 is 5.32 Å². The molecule has 0 aliphatic rings. The van der Waals surface area contributed by atoms with Crippen molar-refractivity contribution in [2.75, 3.05) is 6.54 Å². The number of rotatable bonds is 7. The third-order valence-electron chi connectivity index (χ3n) is 3.85. The van der Waals surface area contributed by atoms with Gasteiger partial charge in [0.1, 0.15) is 0 Å². The van der Waals surface area contributed by atoms with Gasteiger partial charge in [0.2, 0.25) is 0 Å². The van der Waals surface area contributed by atoms with E-state index in [1.807, 2.05) is 6.07 Å². The van der Waals surface area contributed by atoms with Crippen LogP contribution < -0.4 is 5.32 Å². The molecule has 3 nitrogen and oxygen atoms in total. The molecule has 0 aliphatic carbocycles. The van der Waals surface area contributed by atoms with Gasteiger partial charge in [-0.05, 0) is 37.6 Å². The highest BCUT2D eigenvalue weighted by molar-refractivity contribution is 9.10. The van der Waals surface area contributed by atoms with Crippen molar-refractivity contribution in [1.29, 1.82) is 0 Å². The predicted molar refractivity (Wildman–Crippen MR) is 91.5 cm³/mol. The number of aromatic nitrogens is 2. The number of likely N-dealkylation sites (N-methyl/N-ethyl adjacent to an activating group) is 1. The first-order valence-corrected chi connectivity index (χ1v) is 8.46. The van der Waals surface area contributed by atoms with Crippen LogP contribution in [0.3, 0.4) is 0 Å². The Labute approximate surface area is 135 Å². The molecule has 2 rings (SSSR count). The van der Waals surface area contributed by atoms with E-state index in [9.17, 15) is 0 Å². The fourth-order valence-electron chi connectivity index (χ4n) is 2.42. The zero-order valence-electron chi connectivity index (χ0n) is 13.0. The second kappa shape index (κ2) is 7.76. The van der Waals surface area contributed by atoms with E-state index in [1.165, 1.54) is 5.56 Å². The van der Waals surface area contributed by atoms with Crippen molar-refractivity contribution in [1.82, 2.24) is 15.1 Å². The van der Waals surface area contributed by atoms with E-state index in [4.69, 9.17) is 5.10 Å². The molecule has 2 aromatic rings. The molecule has 114 valence electrons. The number of hydrogen-bond donors (Lipinski definition) is 1. The molecular weight excluding hydrogens is 326 g/mol. The highest BCUT2D eigenvalue weighted by Crippen LogP contribution is 2.25. The van der Waals surface area contributed by atoms with Crippen LogP contribution in [-0.4, -0.2) is 16.3 Å². The van der Waals surface area contributed by atoms with Gasteiger partial charge in [0.05, 0.1) is 5.69 Å². The SMILES string of the molecule is CCNC(Cc1ccn(C(C)CC)n1)c1ccccc1Br. The van der Waals surface area contributed by atoms with Crippen molar-refractivity contribution in [2.45, 2.75) is 45.7 Å². The Morgan fingerprint density at radius 2 is 2.00 bits per heavy atom. The maximum Gasteiger partial charge on any atom is 0.0643 e.